The second-order valence-electron chi connectivity index (χ2n) is 3.67. The summed E-state index contributed by atoms with van der Waals surface area (Å²) in [6.07, 6.45) is 0. The first-order chi connectivity index (χ1) is 6.61. The van der Waals surface area contributed by atoms with Crippen molar-refractivity contribution in [1.29, 1.82) is 0 Å². The van der Waals surface area contributed by atoms with Gasteiger partial charge in [0.15, 0.2) is 0 Å². The fourth-order valence-corrected chi connectivity index (χ4v) is 1.71. The molecular formula is C12H13NO. The van der Waals surface area contributed by atoms with Gasteiger partial charge >= 0.3 is 0 Å². The molecule has 0 fully saturated rings. The zero-order valence-electron chi connectivity index (χ0n) is 8.66. The maximum atomic E-state index is 11.4. The molecule has 0 atom stereocenters. The van der Waals surface area contributed by atoms with Crippen LogP contribution in [0.25, 0.3) is 10.9 Å². The minimum Gasteiger partial charge on any atom is -0.311 e. The van der Waals surface area contributed by atoms with E-state index in [0.717, 1.165) is 10.9 Å². The molecule has 0 unspecified atom stereocenters. The normalized spacial score (nSPS) is 10.8. The summed E-state index contributed by atoms with van der Waals surface area (Å²) in [5.74, 6) is 0. The predicted molar refractivity (Wildman–Crippen MR) is 58.7 cm³/mol. The molecule has 1 heterocycles. The average molecular weight is 187 g/mol. The molecule has 2 rings (SSSR count). The Bertz CT molecular complexity index is 552. The Morgan fingerprint density at radius 1 is 1.07 bits per heavy atom. The van der Waals surface area contributed by atoms with Gasteiger partial charge in [-0.05, 0) is 37.1 Å². The zero-order chi connectivity index (χ0) is 10.3. The number of hydrogen-bond donors (Lipinski definition) is 0. The van der Waals surface area contributed by atoms with Crippen LogP contribution in [0.3, 0.4) is 0 Å². The Kier molecular flexibility index (Phi) is 1.92. The number of nitrogens with zero attached hydrogens (tertiary/aromatic N) is 1. The number of fused-ring (bicyclic) bond motifs is 1. The van der Waals surface area contributed by atoms with Crippen LogP contribution >= 0.6 is 0 Å². The molecule has 0 radical (unpaired) electrons. The highest BCUT2D eigenvalue weighted by atomic mass is 16.1. The lowest BCUT2D eigenvalue weighted by Crippen LogP contribution is -2.15. The summed E-state index contributed by atoms with van der Waals surface area (Å²) in [6, 6.07) is 7.57. The van der Waals surface area contributed by atoms with Crippen molar-refractivity contribution >= 4 is 10.9 Å². The Labute approximate surface area is 82.8 Å². The van der Waals surface area contributed by atoms with E-state index >= 15 is 0 Å². The largest absolute Gasteiger partial charge is 0.311 e. The monoisotopic (exact) mass is 187 g/mol. The standard InChI is InChI=1S/C12H13NO/c1-8-4-6-11-10(9(8)2)5-7-12(14)13(11)3/h4-7H,1-3H3. The summed E-state index contributed by atoms with van der Waals surface area (Å²) in [4.78, 5) is 11.4. The molecule has 2 heteroatoms. The molecule has 1 aromatic carbocycles. The molecule has 0 aliphatic carbocycles. The van der Waals surface area contributed by atoms with Crippen LogP contribution in [0.2, 0.25) is 0 Å². The number of hydrogen-bond acceptors (Lipinski definition) is 1. The minimum atomic E-state index is 0.0424. The van der Waals surface area contributed by atoms with Gasteiger partial charge in [-0.3, -0.25) is 4.79 Å². The lowest BCUT2D eigenvalue weighted by Gasteiger charge is -2.08. The van der Waals surface area contributed by atoms with Crippen LogP contribution in [0, 0.1) is 13.8 Å². The molecule has 0 aliphatic heterocycles. The Morgan fingerprint density at radius 2 is 1.79 bits per heavy atom. The van der Waals surface area contributed by atoms with E-state index in [1.165, 1.54) is 11.1 Å². The van der Waals surface area contributed by atoms with Gasteiger partial charge in [-0.15, -0.1) is 0 Å². The van der Waals surface area contributed by atoms with E-state index in [1.807, 2.05) is 12.1 Å². The van der Waals surface area contributed by atoms with Crippen molar-refractivity contribution in [3.8, 4) is 0 Å². The second-order valence-corrected chi connectivity index (χ2v) is 3.67. The first-order valence-electron chi connectivity index (χ1n) is 4.67. The third-order valence-electron chi connectivity index (χ3n) is 2.85. The van der Waals surface area contributed by atoms with Gasteiger partial charge in [-0.25, -0.2) is 0 Å². The Balaban J connectivity index is 3.01. The Morgan fingerprint density at radius 3 is 2.50 bits per heavy atom. The topological polar surface area (TPSA) is 22.0 Å². The van der Waals surface area contributed by atoms with Crippen molar-refractivity contribution in [2.24, 2.45) is 7.05 Å². The van der Waals surface area contributed by atoms with E-state index < -0.39 is 0 Å². The summed E-state index contributed by atoms with van der Waals surface area (Å²) >= 11 is 0. The van der Waals surface area contributed by atoms with Crippen LogP contribution in [0.5, 0.6) is 0 Å². The highest BCUT2D eigenvalue weighted by Crippen LogP contribution is 2.19. The fraction of sp³-hybridized carbons (Fsp3) is 0.250. The summed E-state index contributed by atoms with van der Waals surface area (Å²) in [7, 11) is 1.80. The first kappa shape index (κ1) is 9.00. The number of pyridine rings is 1. The maximum Gasteiger partial charge on any atom is 0.250 e. The van der Waals surface area contributed by atoms with Crippen molar-refractivity contribution in [2.75, 3.05) is 0 Å². The maximum absolute atomic E-state index is 11.4. The van der Waals surface area contributed by atoms with Crippen LogP contribution in [0.15, 0.2) is 29.1 Å². The quantitative estimate of drug-likeness (QED) is 0.619. The van der Waals surface area contributed by atoms with Gasteiger partial charge in [0.1, 0.15) is 0 Å². The summed E-state index contributed by atoms with van der Waals surface area (Å²) in [5.41, 5.74) is 3.55. The van der Waals surface area contributed by atoms with E-state index in [0.29, 0.717) is 0 Å². The SMILES string of the molecule is Cc1ccc2c(ccc(=O)n2C)c1C. The predicted octanol–water partition coefficient (Wildman–Crippen LogP) is 2.16. The first-order valence-corrected chi connectivity index (χ1v) is 4.67. The van der Waals surface area contributed by atoms with Crippen LogP contribution in [-0.4, -0.2) is 4.57 Å². The summed E-state index contributed by atoms with van der Waals surface area (Å²) in [5, 5.41) is 1.16. The molecule has 72 valence electrons. The molecule has 0 N–H and O–H groups in total. The van der Waals surface area contributed by atoms with E-state index in [1.54, 1.807) is 17.7 Å². The molecule has 0 spiro atoms. The van der Waals surface area contributed by atoms with Crippen molar-refractivity contribution < 1.29 is 0 Å². The van der Waals surface area contributed by atoms with Crippen molar-refractivity contribution in [3.05, 3.63) is 45.7 Å². The number of benzene rings is 1. The van der Waals surface area contributed by atoms with Gasteiger partial charge in [0.2, 0.25) is 0 Å². The second kappa shape index (κ2) is 2.98. The van der Waals surface area contributed by atoms with Crippen LogP contribution in [0.4, 0.5) is 0 Å². The summed E-state index contributed by atoms with van der Waals surface area (Å²) < 4.78 is 1.68. The van der Waals surface area contributed by atoms with Crippen molar-refractivity contribution in [3.63, 3.8) is 0 Å². The highest BCUT2D eigenvalue weighted by Gasteiger charge is 2.02. The summed E-state index contributed by atoms with van der Waals surface area (Å²) in [6.45, 7) is 4.17. The molecule has 0 bridgehead atoms. The van der Waals surface area contributed by atoms with Gasteiger partial charge in [0.25, 0.3) is 5.56 Å². The van der Waals surface area contributed by atoms with Gasteiger partial charge in [0, 0.05) is 18.5 Å². The van der Waals surface area contributed by atoms with Crippen molar-refractivity contribution in [1.82, 2.24) is 4.57 Å². The molecule has 14 heavy (non-hydrogen) atoms. The highest BCUT2D eigenvalue weighted by molar-refractivity contribution is 5.83. The van der Waals surface area contributed by atoms with Gasteiger partial charge < -0.3 is 4.57 Å². The van der Waals surface area contributed by atoms with E-state index in [9.17, 15) is 4.79 Å². The molecule has 0 saturated carbocycles. The van der Waals surface area contributed by atoms with Crippen molar-refractivity contribution in [2.45, 2.75) is 13.8 Å². The molecule has 2 aromatic rings. The van der Waals surface area contributed by atoms with Crippen LogP contribution in [0.1, 0.15) is 11.1 Å². The molecule has 0 amide bonds. The van der Waals surface area contributed by atoms with Gasteiger partial charge in [0.05, 0.1) is 5.52 Å². The molecular weight excluding hydrogens is 174 g/mol. The molecule has 0 saturated heterocycles. The van der Waals surface area contributed by atoms with E-state index in [4.69, 9.17) is 0 Å². The van der Waals surface area contributed by atoms with E-state index in [-0.39, 0.29) is 5.56 Å². The number of aryl methyl sites for hydroxylation is 3. The lowest BCUT2D eigenvalue weighted by molar-refractivity contribution is 0.905. The third-order valence-corrected chi connectivity index (χ3v) is 2.85. The third kappa shape index (κ3) is 1.15. The van der Waals surface area contributed by atoms with Gasteiger partial charge in [-0.2, -0.15) is 0 Å². The fourth-order valence-electron chi connectivity index (χ4n) is 1.71. The molecule has 1 aromatic heterocycles. The Hall–Kier alpha value is -1.57. The number of rotatable bonds is 0. The number of aromatic nitrogens is 1. The van der Waals surface area contributed by atoms with Crippen LogP contribution < -0.4 is 5.56 Å². The van der Waals surface area contributed by atoms with E-state index in [2.05, 4.69) is 19.9 Å². The van der Waals surface area contributed by atoms with Gasteiger partial charge in [-0.1, -0.05) is 6.07 Å². The lowest BCUT2D eigenvalue weighted by atomic mass is 10.0. The molecule has 0 aliphatic rings. The van der Waals surface area contributed by atoms with Crippen LogP contribution in [-0.2, 0) is 7.05 Å². The zero-order valence-corrected chi connectivity index (χ0v) is 8.66. The smallest absolute Gasteiger partial charge is 0.250 e. The molecule has 2 nitrogen and oxygen atoms in total. The minimum absolute atomic E-state index is 0.0424. The average Bonchev–Trinajstić information content (AvgIpc) is 2.17.